The lowest BCUT2D eigenvalue weighted by atomic mass is 10.0. The first-order chi connectivity index (χ1) is 9.20. The molecule has 0 saturated heterocycles. The molecule has 6 nitrogen and oxygen atoms in total. The highest BCUT2D eigenvalue weighted by Crippen LogP contribution is 2.09. The van der Waals surface area contributed by atoms with Gasteiger partial charge in [0.25, 0.3) is 5.91 Å². The number of benzene rings is 1. The molecule has 2 rings (SSSR count). The van der Waals surface area contributed by atoms with Crippen LogP contribution in [0.2, 0.25) is 0 Å². The first kappa shape index (κ1) is 13.2. The second-order valence-electron chi connectivity index (χ2n) is 4.11. The Morgan fingerprint density at radius 2 is 2.21 bits per heavy atom. The molecule has 2 aromatic rings. The SMILES string of the molecule is Cc1noc(CNC(=O)c2ccccc2CCN)n1. The van der Waals surface area contributed by atoms with Crippen LogP contribution in [-0.2, 0) is 13.0 Å². The molecule has 0 atom stereocenters. The van der Waals surface area contributed by atoms with Gasteiger partial charge in [-0.3, -0.25) is 4.79 Å². The van der Waals surface area contributed by atoms with Crippen molar-refractivity contribution in [2.24, 2.45) is 5.73 Å². The fraction of sp³-hybridized carbons (Fsp3) is 0.308. The van der Waals surface area contributed by atoms with Gasteiger partial charge in [-0.05, 0) is 31.5 Å². The molecule has 0 unspecified atom stereocenters. The summed E-state index contributed by atoms with van der Waals surface area (Å²) in [5.74, 6) is 0.773. The number of nitrogens with zero attached hydrogens (tertiary/aromatic N) is 2. The van der Waals surface area contributed by atoms with Crippen molar-refractivity contribution < 1.29 is 9.32 Å². The fourth-order valence-electron chi connectivity index (χ4n) is 1.78. The van der Waals surface area contributed by atoms with Crippen molar-refractivity contribution in [2.75, 3.05) is 6.54 Å². The quantitative estimate of drug-likeness (QED) is 0.829. The number of hydrogen-bond acceptors (Lipinski definition) is 5. The average Bonchev–Trinajstić information content (AvgIpc) is 2.83. The molecule has 1 heterocycles. The first-order valence-electron chi connectivity index (χ1n) is 6.06. The van der Waals surface area contributed by atoms with E-state index in [0.29, 0.717) is 30.2 Å². The van der Waals surface area contributed by atoms with Crippen LogP contribution in [0.4, 0.5) is 0 Å². The minimum Gasteiger partial charge on any atom is -0.343 e. The Balaban J connectivity index is 2.03. The van der Waals surface area contributed by atoms with E-state index < -0.39 is 0 Å². The van der Waals surface area contributed by atoms with Crippen LogP contribution in [0.15, 0.2) is 28.8 Å². The third kappa shape index (κ3) is 3.38. The number of hydrogen-bond donors (Lipinski definition) is 2. The van der Waals surface area contributed by atoms with Crippen molar-refractivity contribution in [3.63, 3.8) is 0 Å². The van der Waals surface area contributed by atoms with Gasteiger partial charge in [-0.2, -0.15) is 4.98 Å². The maximum Gasteiger partial charge on any atom is 0.251 e. The number of rotatable bonds is 5. The minimum absolute atomic E-state index is 0.167. The Labute approximate surface area is 111 Å². The van der Waals surface area contributed by atoms with Crippen molar-refractivity contribution in [2.45, 2.75) is 19.9 Å². The zero-order valence-electron chi connectivity index (χ0n) is 10.7. The number of aryl methyl sites for hydroxylation is 1. The molecular formula is C13H16N4O2. The topological polar surface area (TPSA) is 94.0 Å². The lowest BCUT2D eigenvalue weighted by molar-refractivity contribution is 0.0945. The van der Waals surface area contributed by atoms with Gasteiger partial charge >= 0.3 is 0 Å². The van der Waals surface area contributed by atoms with Gasteiger partial charge in [-0.15, -0.1) is 0 Å². The third-order valence-corrected chi connectivity index (χ3v) is 2.65. The molecule has 0 spiro atoms. The molecular weight excluding hydrogens is 244 g/mol. The molecule has 0 saturated carbocycles. The Hall–Kier alpha value is -2.21. The Morgan fingerprint density at radius 3 is 2.89 bits per heavy atom. The number of amides is 1. The summed E-state index contributed by atoms with van der Waals surface area (Å²) in [6.07, 6.45) is 0.670. The van der Waals surface area contributed by atoms with Gasteiger partial charge in [-0.25, -0.2) is 0 Å². The lowest BCUT2D eigenvalue weighted by Gasteiger charge is -2.08. The molecule has 0 bridgehead atoms. The monoisotopic (exact) mass is 260 g/mol. The predicted octanol–water partition coefficient (Wildman–Crippen LogP) is 0.809. The highest BCUT2D eigenvalue weighted by molar-refractivity contribution is 5.95. The van der Waals surface area contributed by atoms with E-state index >= 15 is 0 Å². The van der Waals surface area contributed by atoms with Crippen molar-refractivity contribution >= 4 is 5.91 Å². The summed E-state index contributed by atoms with van der Waals surface area (Å²) in [5.41, 5.74) is 7.10. The lowest BCUT2D eigenvalue weighted by Crippen LogP contribution is -2.24. The van der Waals surface area contributed by atoms with Crippen molar-refractivity contribution in [3.8, 4) is 0 Å². The van der Waals surface area contributed by atoms with E-state index in [1.807, 2.05) is 18.2 Å². The molecule has 100 valence electrons. The summed E-state index contributed by atoms with van der Waals surface area (Å²) in [4.78, 5) is 16.1. The molecule has 0 aliphatic carbocycles. The van der Waals surface area contributed by atoms with Crippen LogP contribution in [0.25, 0.3) is 0 Å². The minimum atomic E-state index is -0.167. The smallest absolute Gasteiger partial charge is 0.251 e. The number of carbonyl (C=O) groups is 1. The van der Waals surface area contributed by atoms with E-state index in [1.54, 1.807) is 13.0 Å². The third-order valence-electron chi connectivity index (χ3n) is 2.65. The summed E-state index contributed by atoms with van der Waals surface area (Å²) in [7, 11) is 0. The highest BCUT2D eigenvalue weighted by Gasteiger charge is 2.11. The van der Waals surface area contributed by atoms with E-state index in [1.165, 1.54) is 0 Å². The average molecular weight is 260 g/mol. The van der Waals surface area contributed by atoms with Gasteiger partial charge in [0, 0.05) is 5.56 Å². The molecule has 3 N–H and O–H groups in total. The van der Waals surface area contributed by atoms with E-state index in [-0.39, 0.29) is 12.5 Å². The molecule has 0 aliphatic heterocycles. The largest absolute Gasteiger partial charge is 0.343 e. The van der Waals surface area contributed by atoms with E-state index in [9.17, 15) is 4.79 Å². The maximum atomic E-state index is 12.1. The van der Waals surface area contributed by atoms with Gasteiger partial charge in [0.2, 0.25) is 5.89 Å². The molecule has 1 aromatic carbocycles. The Morgan fingerprint density at radius 1 is 1.42 bits per heavy atom. The molecule has 0 radical (unpaired) electrons. The van der Waals surface area contributed by atoms with Gasteiger partial charge in [-0.1, -0.05) is 23.4 Å². The summed E-state index contributed by atoms with van der Waals surface area (Å²) in [5, 5.41) is 6.41. The first-order valence-corrected chi connectivity index (χ1v) is 6.06. The number of nitrogens with two attached hydrogens (primary N) is 1. The Kier molecular flexibility index (Phi) is 4.25. The van der Waals surface area contributed by atoms with E-state index in [0.717, 1.165) is 5.56 Å². The van der Waals surface area contributed by atoms with Crippen LogP contribution >= 0.6 is 0 Å². The van der Waals surface area contributed by atoms with Crippen LogP contribution in [0, 0.1) is 6.92 Å². The normalized spacial score (nSPS) is 10.4. The van der Waals surface area contributed by atoms with Crippen molar-refractivity contribution in [3.05, 3.63) is 47.1 Å². The zero-order chi connectivity index (χ0) is 13.7. The van der Waals surface area contributed by atoms with Crippen LogP contribution in [-0.4, -0.2) is 22.6 Å². The summed E-state index contributed by atoms with van der Waals surface area (Å²) in [6, 6.07) is 7.40. The van der Waals surface area contributed by atoms with Gasteiger partial charge in [0.15, 0.2) is 5.82 Å². The molecule has 19 heavy (non-hydrogen) atoms. The van der Waals surface area contributed by atoms with Crippen LogP contribution in [0.3, 0.4) is 0 Å². The second kappa shape index (κ2) is 6.10. The fourth-order valence-corrected chi connectivity index (χ4v) is 1.78. The van der Waals surface area contributed by atoms with Gasteiger partial charge in [0.05, 0.1) is 6.54 Å². The van der Waals surface area contributed by atoms with E-state index in [4.69, 9.17) is 10.3 Å². The standard InChI is InChI=1S/C13H16N4O2/c1-9-16-12(19-17-9)8-15-13(18)11-5-3-2-4-10(11)6-7-14/h2-5H,6-8,14H2,1H3,(H,15,18). The Bertz CT molecular complexity index is 565. The van der Waals surface area contributed by atoms with Gasteiger partial charge < -0.3 is 15.6 Å². The second-order valence-corrected chi connectivity index (χ2v) is 4.11. The van der Waals surface area contributed by atoms with Crippen LogP contribution in [0.1, 0.15) is 27.6 Å². The predicted molar refractivity (Wildman–Crippen MR) is 69.4 cm³/mol. The molecule has 0 aliphatic rings. The summed E-state index contributed by atoms with van der Waals surface area (Å²) >= 11 is 0. The molecule has 1 amide bonds. The number of nitrogens with one attached hydrogen (secondary N) is 1. The number of carbonyl (C=O) groups excluding carboxylic acids is 1. The van der Waals surface area contributed by atoms with E-state index in [2.05, 4.69) is 15.5 Å². The van der Waals surface area contributed by atoms with Crippen molar-refractivity contribution in [1.82, 2.24) is 15.5 Å². The summed E-state index contributed by atoms with van der Waals surface area (Å²) in [6.45, 7) is 2.45. The molecule has 1 aromatic heterocycles. The summed E-state index contributed by atoms with van der Waals surface area (Å²) < 4.78 is 4.93. The van der Waals surface area contributed by atoms with Crippen LogP contribution in [0.5, 0.6) is 0 Å². The molecule has 0 fully saturated rings. The zero-order valence-corrected chi connectivity index (χ0v) is 10.7. The maximum absolute atomic E-state index is 12.1. The number of aromatic nitrogens is 2. The van der Waals surface area contributed by atoms with Crippen molar-refractivity contribution in [1.29, 1.82) is 0 Å². The van der Waals surface area contributed by atoms with Crippen LogP contribution < -0.4 is 11.1 Å². The molecule has 6 heteroatoms. The highest BCUT2D eigenvalue weighted by atomic mass is 16.5. The van der Waals surface area contributed by atoms with Gasteiger partial charge in [0.1, 0.15) is 0 Å².